The third kappa shape index (κ3) is 2.71. The van der Waals surface area contributed by atoms with Crippen molar-refractivity contribution < 1.29 is 0 Å². The first kappa shape index (κ1) is 13.2. The molecule has 3 nitrogen and oxygen atoms in total. The molecule has 0 aliphatic heterocycles. The number of fused-ring (bicyclic) bond motifs is 1. The fourth-order valence-corrected chi connectivity index (χ4v) is 3.19. The van der Waals surface area contributed by atoms with E-state index in [2.05, 4.69) is 9.97 Å². The lowest BCUT2D eigenvalue weighted by Crippen LogP contribution is -1.91. The molecule has 0 aliphatic carbocycles. The Morgan fingerprint density at radius 1 is 1.10 bits per heavy atom. The number of para-hydroxylation sites is 1. The van der Waals surface area contributed by atoms with Crippen LogP contribution in [0.2, 0.25) is 5.02 Å². The fourth-order valence-electron chi connectivity index (χ4n) is 1.95. The van der Waals surface area contributed by atoms with Crippen LogP contribution < -0.4 is 5.73 Å². The van der Waals surface area contributed by atoms with Crippen LogP contribution in [0.5, 0.6) is 0 Å². The Balaban J connectivity index is 1.89. The van der Waals surface area contributed by atoms with Crippen LogP contribution in [0.3, 0.4) is 0 Å². The average molecular weight is 302 g/mol. The minimum Gasteiger partial charge on any atom is -0.399 e. The van der Waals surface area contributed by atoms with E-state index in [1.807, 2.05) is 36.4 Å². The molecule has 3 rings (SSSR count). The predicted octanol–water partition coefficient (Wildman–Crippen LogP) is 4.16. The zero-order valence-corrected chi connectivity index (χ0v) is 12.2. The van der Waals surface area contributed by atoms with Crippen molar-refractivity contribution in [3.63, 3.8) is 0 Å². The second-order valence-corrected chi connectivity index (χ2v) is 5.71. The maximum atomic E-state index is 6.18. The number of thioether (sulfide) groups is 1. The Morgan fingerprint density at radius 2 is 1.95 bits per heavy atom. The number of hydrogen-bond acceptors (Lipinski definition) is 4. The largest absolute Gasteiger partial charge is 0.399 e. The van der Waals surface area contributed by atoms with Gasteiger partial charge in [0.2, 0.25) is 0 Å². The molecule has 1 heterocycles. The van der Waals surface area contributed by atoms with Crippen LogP contribution >= 0.6 is 23.4 Å². The van der Waals surface area contributed by atoms with E-state index in [-0.39, 0.29) is 0 Å². The van der Waals surface area contributed by atoms with Crippen molar-refractivity contribution in [3.8, 4) is 0 Å². The molecular formula is C15H12ClN3S. The van der Waals surface area contributed by atoms with Crippen molar-refractivity contribution in [2.45, 2.75) is 10.8 Å². The molecule has 0 radical (unpaired) electrons. The number of nitrogens with two attached hydrogens (primary N) is 1. The van der Waals surface area contributed by atoms with Crippen LogP contribution in [0.25, 0.3) is 10.9 Å². The lowest BCUT2D eigenvalue weighted by molar-refractivity contribution is 1.10. The molecule has 2 N–H and O–H groups in total. The van der Waals surface area contributed by atoms with Crippen LogP contribution in [0, 0.1) is 0 Å². The van der Waals surface area contributed by atoms with E-state index in [1.165, 1.54) is 0 Å². The Bertz CT molecular complexity index is 756. The van der Waals surface area contributed by atoms with Crippen molar-refractivity contribution in [3.05, 3.63) is 59.4 Å². The van der Waals surface area contributed by atoms with Crippen molar-refractivity contribution in [1.29, 1.82) is 0 Å². The van der Waals surface area contributed by atoms with Crippen LogP contribution in [0.15, 0.2) is 53.8 Å². The maximum Gasteiger partial charge on any atom is 0.117 e. The van der Waals surface area contributed by atoms with Gasteiger partial charge in [-0.1, -0.05) is 29.8 Å². The molecule has 100 valence electrons. The summed E-state index contributed by atoms with van der Waals surface area (Å²) in [7, 11) is 0. The summed E-state index contributed by atoms with van der Waals surface area (Å²) in [4.78, 5) is 8.61. The molecule has 0 saturated heterocycles. The molecule has 0 saturated carbocycles. The Kier molecular flexibility index (Phi) is 3.76. The van der Waals surface area contributed by atoms with Crippen molar-refractivity contribution in [2.75, 3.05) is 5.73 Å². The van der Waals surface area contributed by atoms with Gasteiger partial charge in [0.05, 0.1) is 5.52 Å². The summed E-state index contributed by atoms with van der Waals surface area (Å²) >= 11 is 7.81. The quantitative estimate of drug-likeness (QED) is 0.448. The molecule has 1 aromatic heterocycles. The Morgan fingerprint density at radius 3 is 2.85 bits per heavy atom. The van der Waals surface area contributed by atoms with Crippen molar-refractivity contribution >= 4 is 40.0 Å². The highest BCUT2D eigenvalue weighted by molar-refractivity contribution is 7.98. The molecule has 0 unspecified atom stereocenters. The third-order valence-electron chi connectivity index (χ3n) is 2.94. The first-order chi connectivity index (χ1) is 9.74. The van der Waals surface area contributed by atoms with Gasteiger partial charge in [0.25, 0.3) is 0 Å². The molecule has 0 aliphatic rings. The average Bonchev–Trinajstić information content (AvgIpc) is 2.48. The topological polar surface area (TPSA) is 51.8 Å². The molecule has 0 atom stereocenters. The van der Waals surface area contributed by atoms with Gasteiger partial charge in [-0.3, -0.25) is 0 Å². The smallest absolute Gasteiger partial charge is 0.117 e. The first-order valence-corrected chi connectivity index (χ1v) is 7.47. The summed E-state index contributed by atoms with van der Waals surface area (Å²) in [5.74, 6) is 0.727. The van der Waals surface area contributed by atoms with E-state index in [0.29, 0.717) is 0 Å². The van der Waals surface area contributed by atoms with Gasteiger partial charge in [-0.2, -0.15) is 0 Å². The van der Waals surface area contributed by atoms with Crippen LogP contribution in [0.4, 0.5) is 5.69 Å². The first-order valence-electron chi connectivity index (χ1n) is 6.10. The number of aromatic nitrogens is 2. The van der Waals surface area contributed by atoms with E-state index in [0.717, 1.165) is 38.0 Å². The second kappa shape index (κ2) is 5.69. The second-order valence-electron chi connectivity index (χ2n) is 4.34. The van der Waals surface area contributed by atoms with Gasteiger partial charge in [-0.25, -0.2) is 9.97 Å². The van der Waals surface area contributed by atoms with Crippen molar-refractivity contribution in [2.24, 2.45) is 0 Å². The number of anilines is 1. The normalized spacial score (nSPS) is 10.8. The number of nitrogen functional groups attached to an aromatic ring is 1. The summed E-state index contributed by atoms with van der Waals surface area (Å²) in [5.41, 5.74) is 8.47. The predicted molar refractivity (Wildman–Crippen MR) is 85.0 cm³/mol. The van der Waals surface area contributed by atoms with E-state index in [1.54, 1.807) is 24.2 Å². The monoisotopic (exact) mass is 301 g/mol. The molecule has 2 aromatic carbocycles. The Labute approximate surface area is 126 Å². The highest BCUT2D eigenvalue weighted by atomic mass is 35.5. The van der Waals surface area contributed by atoms with Gasteiger partial charge >= 0.3 is 0 Å². The van der Waals surface area contributed by atoms with Crippen LogP contribution in [0.1, 0.15) is 5.56 Å². The minimum atomic E-state index is 0.720. The lowest BCUT2D eigenvalue weighted by atomic mass is 10.2. The van der Waals surface area contributed by atoms with E-state index in [4.69, 9.17) is 17.3 Å². The van der Waals surface area contributed by atoms with Gasteiger partial charge in [-0.15, -0.1) is 11.8 Å². The van der Waals surface area contributed by atoms with Gasteiger partial charge in [0, 0.05) is 21.8 Å². The number of benzene rings is 2. The minimum absolute atomic E-state index is 0.720. The summed E-state index contributed by atoms with van der Waals surface area (Å²) in [6, 6.07) is 13.5. The molecule has 0 fully saturated rings. The summed E-state index contributed by atoms with van der Waals surface area (Å²) < 4.78 is 0. The molecule has 20 heavy (non-hydrogen) atoms. The van der Waals surface area contributed by atoms with Crippen LogP contribution in [-0.2, 0) is 5.75 Å². The number of nitrogens with zero attached hydrogens (tertiary/aromatic N) is 2. The zero-order valence-electron chi connectivity index (χ0n) is 10.6. The van der Waals surface area contributed by atoms with E-state index in [9.17, 15) is 0 Å². The SMILES string of the molecule is Nc1ccc(Cl)c(CSc2ncnc3ccccc23)c1. The summed E-state index contributed by atoms with van der Waals surface area (Å²) in [6.45, 7) is 0. The summed E-state index contributed by atoms with van der Waals surface area (Å²) in [5, 5.41) is 2.74. The molecule has 3 aromatic rings. The molecule has 0 amide bonds. The zero-order chi connectivity index (χ0) is 13.9. The van der Waals surface area contributed by atoms with E-state index < -0.39 is 0 Å². The number of halogens is 1. The standard InChI is InChI=1S/C15H12ClN3S/c16-13-6-5-11(17)7-10(13)8-20-15-12-3-1-2-4-14(12)18-9-19-15/h1-7,9H,8,17H2. The molecule has 0 bridgehead atoms. The number of hydrogen-bond donors (Lipinski definition) is 1. The Hall–Kier alpha value is -1.78. The van der Waals surface area contributed by atoms with Gasteiger partial charge < -0.3 is 5.73 Å². The molecule has 0 spiro atoms. The molecular weight excluding hydrogens is 290 g/mol. The lowest BCUT2D eigenvalue weighted by Gasteiger charge is -2.07. The van der Waals surface area contributed by atoms with Gasteiger partial charge in [0.15, 0.2) is 0 Å². The highest BCUT2D eigenvalue weighted by Crippen LogP contribution is 2.30. The highest BCUT2D eigenvalue weighted by Gasteiger charge is 2.06. The van der Waals surface area contributed by atoms with Crippen molar-refractivity contribution in [1.82, 2.24) is 9.97 Å². The van der Waals surface area contributed by atoms with Crippen LogP contribution in [-0.4, -0.2) is 9.97 Å². The number of rotatable bonds is 3. The molecule has 5 heteroatoms. The van der Waals surface area contributed by atoms with Gasteiger partial charge in [0.1, 0.15) is 11.4 Å². The maximum absolute atomic E-state index is 6.18. The fraction of sp³-hybridized carbons (Fsp3) is 0.0667. The third-order valence-corrected chi connectivity index (χ3v) is 4.36. The van der Waals surface area contributed by atoms with E-state index >= 15 is 0 Å². The summed E-state index contributed by atoms with van der Waals surface area (Å²) in [6.07, 6.45) is 1.59. The van der Waals surface area contributed by atoms with Gasteiger partial charge in [-0.05, 0) is 29.8 Å².